The number of carbonyl (C=O) groups excluding carboxylic acids is 1. The number of sulfonamides is 1. The van der Waals surface area contributed by atoms with Gasteiger partial charge in [-0.25, -0.2) is 18.0 Å². The Hall–Kier alpha value is -3.75. The summed E-state index contributed by atoms with van der Waals surface area (Å²) >= 11 is 0. The van der Waals surface area contributed by atoms with E-state index >= 15 is 0 Å². The predicted octanol–water partition coefficient (Wildman–Crippen LogP) is 4.29. The molecule has 1 atom stereocenters. The molecule has 0 spiro atoms. The van der Waals surface area contributed by atoms with Crippen LogP contribution in [0, 0.1) is 6.92 Å². The topological polar surface area (TPSA) is 103 Å². The number of rotatable bonds is 7. The maximum absolute atomic E-state index is 13.2. The molecule has 0 aliphatic heterocycles. The average Bonchev–Trinajstić information content (AvgIpc) is 2.82. The molecule has 1 N–H and O–H groups in total. The molecule has 0 bridgehead atoms. The van der Waals surface area contributed by atoms with Crippen LogP contribution < -0.4 is 15.1 Å². The van der Waals surface area contributed by atoms with E-state index in [0.29, 0.717) is 12.0 Å². The van der Waals surface area contributed by atoms with Gasteiger partial charge in [0.15, 0.2) is 0 Å². The van der Waals surface area contributed by atoms with E-state index in [1.807, 2.05) is 13.8 Å². The quantitative estimate of drug-likeness (QED) is 0.242. The van der Waals surface area contributed by atoms with Gasteiger partial charge in [0.2, 0.25) is 10.0 Å². The molecule has 4 rings (SSSR count). The van der Waals surface area contributed by atoms with Crippen molar-refractivity contribution in [3.63, 3.8) is 0 Å². The molecule has 0 amide bonds. The fraction of sp³-hybridized carbons (Fsp3) is 0.154. The first-order valence-corrected chi connectivity index (χ1v) is 12.2. The third-order valence-corrected chi connectivity index (χ3v) is 6.81. The van der Waals surface area contributed by atoms with E-state index in [9.17, 15) is 18.0 Å². The largest absolute Gasteiger partial charge is 0.425 e. The Kier molecular flexibility index (Phi) is 6.63. The molecule has 0 saturated heterocycles. The summed E-state index contributed by atoms with van der Waals surface area (Å²) in [5, 5.41) is 0.738. The lowest BCUT2D eigenvalue weighted by molar-refractivity contribution is -0.136. The summed E-state index contributed by atoms with van der Waals surface area (Å²) in [6.07, 6.45) is 0.637. The number of hydrogen-bond acceptors (Lipinski definition) is 6. The van der Waals surface area contributed by atoms with E-state index in [1.165, 1.54) is 24.3 Å². The number of aryl methyl sites for hydroxylation is 2. The van der Waals surface area contributed by atoms with Crippen molar-refractivity contribution in [1.82, 2.24) is 4.72 Å². The number of esters is 1. The van der Waals surface area contributed by atoms with E-state index in [4.69, 9.17) is 9.15 Å². The van der Waals surface area contributed by atoms with Crippen LogP contribution in [-0.4, -0.2) is 14.4 Å². The molecule has 7 nitrogen and oxygen atoms in total. The van der Waals surface area contributed by atoms with Crippen molar-refractivity contribution in [1.29, 1.82) is 0 Å². The van der Waals surface area contributed by atoms with Crippen LogP contribution in [0.3, 0.4) is 0 Å². The van der Waals surface area contributed by atoms with Crippen molar-refractivity contribution >= 4 is 27.0 Å². The van der Waals surface area contributed by atoms with Gasteiger partial charge in [-0.05, 0) is 48.7 Å². The first kappa shape index (κ1) is 23.4. The van der Waals surface area contributed by atoms with Crippen LogP contribution in [0.25, 0.3) is 11.0 Å². The fourth-order valence-corrected chi connectivity index (χ4v) is 4.75. The molecule has 34 heavy (non-hydrogen) atoms. The standard InChI is InChI=1S/C26H23NO6S/c1-3-18-15-24(28)33-23-16-20(11-14-22(18)23)32-26(29)25(19-7-5-4-6-8-19)27-34(30,31)21-12-9-17(2)10-13-21/h4-16,25,27H,3H2,1-2H3/t25-/m1/s1. The molecule has 0 unspecified atom stereocenters. The molecule has 4 aromatic rings. The summed E-state index contributed by atoms with van der Waals surface area (Å²) in [7, 11) is -4.02. The van der Waals surface area contributed by atoms with Crippen molar-refractivity contribution in [2.75, 3.05) is 0 Å². The molecule has 8 heteroatoms. The third kappa shape index (κ3) is 5.08. The lowest BCUT2D eigenvalue weighted by Gasteiger charge is -2.18. The lowest BCUT2D eigenvalue weighted by Crippen LogP contribution is -2.36. The first-order valence-electron chi connectivity index (χ1n) is 10.7. The molecule has 174 valence electrons. The van der Waals surface area contributed by atoms with Crippen molar-refractivity contribution < 1.29 is 22.4 Å². The second-order valence-electron chi connectivity index (χ2n) is 7.80. The minimum atomic E-state index is -4.02. The normalized spacial score (nSPS) is 12.4. The Morgan fingerprint density at radius 1 is 1.00 bits per heavy atom. The van der Waals surface area contributed by atoms with Crippen LogP contribution in [0.15, 0.2) is 93.0 Å². The minimum Gasteiger partial charge on any atom is -0.425 e. The number of hydrogen-bond donors (Lipinski definition) is 1. The Bertz CT molecular complexity index is 1490. The SMILES string of the molecule is CCc1cc(=O)oc2cc(OC(=O)[C@H](NS(=O)(=O)c3ccc(C)cc3)c3ccccc3)ccc12. The van der Waals surface area contributed by atoms with Crippen LogP contribution in [0.4, 0.5) is 0 Å². The highest BCUT2D eigenvalue weighted by Crippen LogP contribution is 2.25. The van der Waals surface area contributed by atoms with Gasteiger partial charge in [0, 0.05) is 17.5 Å². The summed E-state index contributed by atoms with van der Waals surface area (Å²) in [4.78, 5) is 25.0. The summed E-state index contributed by atoms with van der Waals surface area (Å²) in [6, 6.07) is 19.6. The van der Waals surface area contributed by atoms with E-state index < -0.39 is 27.7 Å². The zero-order valence-electron chi connectivity index (χ0n) is 18.6. The lowest BCUT2D eigenvalue weighted by atomic mass is 10.1. The van der Waals surface area contributed by atoms with Crippen LogP contribution in [0.5, 0.6) is 5.75 Å². The maximum atomic E-state index is 13.2. The van der Waals surface area contributed by atoms with Crippen LogP contribution in [-0.2, 0) is 21.2 Å². The molecule has 1 heterocycles. The molecule has 0 aliphatic carbocycles. The van der Waals surface area contributed by atoms with Gasteiger partial charge in [-0.15, -0.1) is 0 Å². The second-order valence-corrected chi connectivity index (χ2v) is 9.52. The summed E-state index contributed by atoms with van der Waals surface area (Å²) < 4.78 is 39.2. The fourth-order valence-electron chi connectivity index (χ4n) is 3.58. The highest BCUT2D eigenvalue weighted by molar-refractivity contribution is 7.89. The maximum Gasteiger partial charge on any atom is 0.336 e. The molecular weight excluding hydrogens is 454 g/mol. The third-order valence-electron chi connectivity index (χ3n) is 5.37. The average molecular weight is 478 g/mol. The number of fused-ring (bicyclic) bond motifs is 1. The number of benzene rings is 3. The van der Waals surface area contributed by atoms with Gasteiger partial charge in [-0.1, -0.05) is 55.0 Å². The van der Waals surface area contributed by atoms with E-state index in [0.717, 1.165) is 16.5 Å². The van der Waals surface area contributed by atoms with Gasteiger partial charge in [0.05, 0.1) is 4.90 Å². The zero-order chi connectivity index (χ0) is 24.3. The van der Waals surface area contributed by atoms with Gasteiger partial charge in [-0.2, -0.15) is 4.72 Å². The van der Waals surface area contributed by atoms with Gasteiger partial charge in [0.1, 0.15) is 17.4 Å². The summed E-state index contributed by atoms with van der Waals surface area (Å²) in [5.74, 6) is -0.695. The Labute approximate surface area is 197 Å². The molecule has 0 aliphatic rings. The Morgan fingerprint density at radius 2 is 1.71 bits per heavy atom. The monoisotopic (exact) mass is 477 g/mol. The predicted molar refractivity (Wildman–Crippen MR) is 128 cm³/mol. The summed E-state index contributed by atoms with van der Waals surface area (Å²) in [5.41, 5.74) is 1.93. The number of carbonyl (C=O) groups is 1. The van der Waals surface area contributed by atoms with E-state index in [2.05, 4.69) is 4.72 Å². The van der Waals surface area contributed by atoms with Crippen molar-refractivity contribution in [3.05, 3.63) is 106 Å². The van der Waals surface area contributed by atoms with Crippen LogP contribution >= 0.6 is 0 Å². The van der Waals surface area contributed by atoms with E-state index in [1.54, 1.807) is 54.6 Å². The van der Waals surface area contributed by atoms with Gasteiger partial charge in [-0.3, -0.25) is 0 Å². The van der Waals surface area contributed by atoms with Crippen molar-refractivity contribution in [3.8, 4) is 5.75 Å². The Morgan fingerprint density at radius 3 is 2.38 bits per heavy atom. The smallest absolute Gasteiger partial charge is 0.336 e. The van der Waals surface area contributed by atoms with Gasteiger partial charge < -0.3 is 9.15 Å². The Balaban J connectivity index is 1.66. The molecule has 1 aromatic heterocycles. The zero-order valence-corrected chi connectivity index (χ0v) is 19.5. The van der Waals surface area contributed by atoms with Crippen molar-refractivity contribution in [2.24, 2.45) is 0 Å². The first-order chi connectivity index (χ1) is 16.3. The van der Waals surface area contributed by atoms with Gasteiger partial charge in [0.25, 0.3) is 0 Å². The van der Waals surface area contributed by atoms with Crippen LogP contribution in [0.1, 0.15) is 29.7 Å². The molecular formula is C26H23NO6S. The van der Waals surface area contributed by atoms with E-state index in [-0.39, 0.29) is 16.2 Å². The van der Waals surface area contributed by atoms with Gasteiger partial charge >= 0.3 is 11.6 Å². The van der Waals surface area contributed by atoms with Crippen LogP contribution in [0.2, 0.25) is 0 Å². The number of nitrogens with one attached hydrogen (secondary N) is 1. The summed E-state index contributed by atoms with van der Waals surface area (Å²) in [6.45, 7) is 3.77. The molecule has 0 saturated carbocycles. The second kappa shape index (κ2) is 9.62. The minimum absolute atomic E-state index is 0.0337. The molecule has 3 aromatic carbocycles. The molecule has 0 fully saturated rings. The molecule has 0 radical (unpaired) electrons. The highest BCUT2D eigenvalue weighted by atomic mass is 32.2. The highest BCUT2D eigenvalue weighted by Gasteiger charge is 2.29. The number of ether oxygens (including phenoxy) is 1. The van der Waals surface area contributed by atoms with Crippen molar-refractivity contribution in [2.45, 2.75) is 31.2 Å².